The van der Waals surface area contributed by atoms with Crippen LogP contribution in [0.2, 0.25) is 5.15 Å². The van der Waals surface area contributed by atoms with Crippen molar-refractivity contribution >= 4 is 39.3 Å². The number of hydrogen-bond acceptors (Lipinski definition) is 3. The average molecular weight is 320 g/mol. The maximum atomic E-state index is 12.7. The van der Waals surface area contributed by atoms with E-state index in [9.17, 15) is 4.39 Å². The molecule has 0 N–H and O–H groups in total. The molecule has 1 aromatic heterocycles. The Hall–Kier alpha value is -0.650. The molecule has 0 aliphatic carbocycles. The fourth-order valence-electron chi connectivity index (χ4n) is 1.02. The van der Waals surface area contributed by atoms with E-state index in [1.807, 2.05) is 0 Å². The molecule has 0 saturated heterocycles. The van der Waals surface area contributed by atoms with Crippen LogP contribution in [0, 0.1) is 5.82 Å². The third-order valence-corrected chi connectivity index (χ3v) is 4.28. The molecule has 0 unspecified atom stereocenters. The van der Waals surface area contributed by atoms with Gasteiger partial charge in [0.25, 0.3) is 0 Å². The number of halogens is 3. The van der Waals surface area contributed by atoms with E-state index in [-0.39, 0.29) is 5.82 Å². The maximum Gasteiger partial charge on any atom is 0.147 e. The van der Waals surface area contributed by atoms with Crippen molar-refractivity contribution in [3.63, 3.8) is 0 Å². The van der Waals surface area contributed by atoms with Crippen molar-refractivity contribution < 1.29 is 4.39 Å². The second-order valence-corrected chi connectivity index (χ2v) is 5.05. The van der Waals surface area contributed by atoms with E-state index in [1.54, 1.807) is 12.1 Å². The molecule has 0 amide bonds. The van der Waals surface area contributed by atoms with Crippen molar-refractivity contribution in [1.82, 2.24) is 9.97 Å². The molecule has 16 heavy (non-hydrogen) atoms. The Bertz CT molecular complexity index is 507. The van der Waals surface area contributed by atoms with Gasteiger partial charge in [-0.2, -0.15) is 0 Å². The highest BCUT2D eigenvalue weighted by molar-refractivity contribution is 9.10. The smallest absolute Gasteiger partial charge is 0.147 e. The van der Waals surface area contributed by atoms with Crippen LogP contribution in [0.25, 0.3) is 0 Å². The quantitative estimate of drug-likeness (QED) is 0.777. The van der Waals surface area contributed by atoms with Crippen molar-refractivity contribution in [3.8, 4) is 0 Å². The van der Waals surface area contributed by atoms with Gasteiger partial charge in [0, 0.05) is 4.90 Å². The van der Waals surface area contributed by atoms with Crippen LogP contribution in [-0.4, -0.2) is 9.97 Å². The summed E-state index contributed by atoms with van der Waals surface area (Å²) in [5.74, 6) is -0.260. The molecular formula is C10H5BrClFN2S. The van der Waals surface area contributed by atoms with Gasteiger partial charge in [0.05, 0.1) is 4.47 Å². The fraction of sp³-hybridized carbons (Fsp3) is 0. The van der Waals surface area contributed by atoms with Crippen LogP contribution in [0.5, 0.6) is 0 Å². The van der Waals surface area contributed by atoms with Crippen molar-refractivity contribution in [2.75, 3.05) is 0 Å². The Morgan fingerprint density at radius 3 is 2.56 bits per heavy atom. The zero-order valence-electron chi connectivity index (χ0n) is 7.82. The number of nitrogens with zero attached hydrogens (tertiary/aromatic N) is 2. The molecule has 0 aliphatic rings. The number of hydrogen-bond donors (Lipinski definition) is 0. The second kappa shape index (κ2) is 5.12. The highest BCUT2D eigenvalue weighted by atomic mass is 79.9. The topological polar surface area (TPSA) is 25.8 Å². The van der Waals surface area contributed by atoms with Crippen LogP contribution in [0.1, 0.15) is 0 Å². The predicted molar refractivity (Wildman–Crippen MR) is 65.3 cm³/mol. The van der Waals surface area contributed by atoms with E-state index in [0.29, 0.717) is 14.7 Å². The lowest BCUT2D eigenvalue weighted by molar-refractivity contribution is 0.626. The summed E-state index contributed by atoms with van der Waals surface area (Å²) in [6, 6.07) is 6.17. The van der Waals surface area contributed by atoms with Crippen LogP contribution in [0.15, 0.2) is 45.0 Å². The predicted octanol–water partition coefficient (Wildman–Crippen LogP) is 4.18. The molecule has 2 nitrogen and oxygen atoms in total. The first kappa shape index (κ1) is 11.8. The first-order chi connectivity index (χ1) is 7.66. The lowest BCUT2D eigenvalue weighted by Crippen LogP contribution is -1.86. The summed E-state index contributed by atoms with van der Waals surface area (Å²) in [7, 11) is 0. The van der Waals surface area contributed by atoms with Gasteiger partial charge in [0.2, 0.25) is 0 Å². The van der Waals surface area contributed by atoms with Crippen molar-refractivity contribution in [2.24, 2.45) is 0 Å². The molecule has 0 radical (unpaired) electrons. The minimum absolute atomic E-state index is 0.260. The molecule has 0 bridgehead atoms. The van der Waals surface area contributed by atoms with Crippen LogP contribution in [0.4, 0.5) is 4.39 Å². The zero-order valence-corrected chi connectivity index (χ0v) is 11.0. The van der Waals surface area contributed by atoms with Crippen molar-refractivity contribution in [1.29, 1.82) is 0 Å². The summed E-state index contributed by atoms with van der Waals surface area (Å²) in [4.78, 5) is 8.80. The Kier molecular flexibility index (Phi) is 3.78. The molecule has 2 aromatic rings. The molecule has 82 valence electrons. The summed E-state index contributed by atoms with van der Waals surface area (Å²) in [6.45, 7) is 0. The Morgan fingerprint density at radius 2 is 1.88 bits per heavy atom. The summed E-state index contributed by atoms with van der Waals surface area (Å²) in [5.41, 5.74) is 0. The third-order valence-electron chi connectivity index (χ3n) is 1.74. The third kappa shape index (κ3) is 2.72. The van der Waals surface area contributed by atoms with Gasteiger partial charge in [0.1, 0.15) is 22.3 Å². The second-order valence-electron chi connectivity index (χ2n) is 2.84. The van der Waals surface area contributed by atoms with Crippen LogP contribution in [0.3, 0.4) is 0 Å². The van der Waals surface area contributed by atoms with Gasteiger partial charge in [-0.3, -0.25) is 0 Å². The molecule has 0 saturated carbocycles. The van der Waals surface area contributed by atoms with E-state index in [1.165, 1.54) is 30.2 Å². The molecule has 0 atom stereocenters. The summed E-state index contributed by atoms with van der Waals surface area (Å²) in [5, 5.41) is 1.06. The van der Waals surface area contributed by atoms with Gasteiger partial charge in [-0.05, 0) is 40.2 Å². The fourth-order valence-corrected chi connectivity index (χ4v) is 2.44. The standard InChI is InChI=1S/C10H5BrClFN2S/c11-8-9(12)14-5-15-10(8)16-7-3-1-6(13)2-4-7/h1-5H. The summed E-state index contributed by atoms with van der Waals surface area (Å²) >= 11 is 10.5. The SMILES string of the molecule is Fc1ccc(Sc2ncnc(Cl)c2Br)cc1. The summed E-state index contributed by atoms with van der Waals surface area (Å²) < 4.78 is 13.3. The van der Waals surface area contributed by atoms with E-state index < -0.39 is 0 Å². The molecule has 0 fully saturated rings. The molecule has 1 heterocycles. The molecule has 1 aromatic carbocycles. The molecule has 0 spiro atoms. The number of rotatable bonds is 2. The van der Waals surface area contributed by atoms with E-state index in [4.69, 9.17) is 11.6 Å². The monoisotopic (exact) mass is 318 g/mol. The Morgan fingerprint density at radius 1 is 1.19 bits per heavy atom. The van der Waals surface area contributed by atoms with E-state index >= 15 is 0 Å². The van der Waals surface area contributed by atoms with Crippen LogP contribution < -0.4 is 0 Å². The minimum Gasteiger partial charge on any atom is -0.228 e. The lowest BCUT2D eigenvalue weighted by atomic mass is 10.4. The highest BCUT2D eigenvalue weighted by Gasteiger charge is 2.08. The molecule has 6 heteroatoms. The molecule has 0 aliphatic heterocycles. The van der Waals surface area contributed by atoms with Crippen LogP contribution in [-0.2, 0) is 0 Å². The van der Waals surface area contributed by atoms with E-state index in [0.717, 1.165) is 4.90 Å². The highest BCUT2D eigenvalue weighted by Crippen LogP contribution is 2.34. The lowest BCUT2D eigenvalue weighted by Gasteiger charge is -2.03. The van der Waals surface area contributed by atoms with Crippen molar-refractivity contribution in [2.45, 2.75) is 9.92 Å². The Balaban J connectivity index is 2.27. The van der Waals surface area contributed by atoms with Gasteiger partial charge in [-0.25, -0.2) is 14.4 Å². The largest absolute Gasteiger partial charge is 0.228 e. The van der Waals surface area contributed by atoms with Gasteiger partial charge in [0.15, 0.2) is 0 Å². The van der Waals surface area contributed by atoms with Crippen LogP contribution >= 0.6 is 39.3 Å². The average Bonchev–Trinajstić information content (AvgIpc) is 2.28. The van der Waals surface area contributed by atoms with Gasteiger partial charge in [-0.1, -0.05) is 23.4 Å². The molecular weight excluding hydrogens is 315 g/mol. The zero-order chi connectivity index (χ0) is 11.5. The number of aromatic nitrogens is 2. The first-order valence-corrected chi connectivity index (χ1v) is 6.25. The minimum atomic E-state index is -0.260. The normalized spacial score (nSPS) is 10.4. The van der Waals surface area contributed by atoms with E-state index in [2.05, 4.69) is 25.9 Å². The Labute approximate surface area is 109 Å². The number of benzene rings is 1. The van der Waals surface area contributed by atoms with Gasteiger partial charge < -0.3 is 0 Å². The maximum absolute atomic E-state index is 12.7. The van der Waals surface area contributed by atoms with Crippen molar-refractivity contribution in [3.05, 3.63) is 46.0 Å². The summed E-state index contributed by atoms with van der Waals surface area (Å²) in [6.07, 6.45) is 1.39. The van der Waals surface area contributed by atoms with Gasteiger partial charge >= 0.3 is 0 Å². The first-order valence-electron chi connectivity index (χ1n) is 4.26. The molecule has 2 rings (SSSR count). The van der Waals surface area contributed by atoms with Gasteiger partial charge in [-0.15, -0.1) is 0 Å².